The molecule has 0 unspecified atom stereocenters. The molecule has 12 heteroatoms. The van der Waals surface area contributed by atoms with Crippen molar-refractivity contribution in [3.05, 3.63) is 118 Å². The Bertz CT molecular complexity index is 2640. The Kier molecular flexibility index (Phi) is 10.3. The van der Waals surface area contributed by atoms with Gasteiger partial charge >= 0.3 is 12.2 Å². The SMILES string of the molecule is CCCC[C@H](NC(=O)OCc1ccccc1)c1nc2ccc(-c3ccc4c(=O)c5cc(-c6ncc([C@@H]7CCCN7C(=O)OC(C)(C)C)[nH]6)ccc5oc4c3)cc2[nH]1. The average Bonchev–Trinajstić information content (AvgIpc) is 3.98. The molecule has 4 aromatic carbocycles. The van der Waals surface area contributed by atoms with Crippen molar-refractivity contribution in [1.82, 2.24) is 30.2 Å². The van der Waals surface area contributed by atoms with Crippen LogP contribution in [0.3, 0.4) is 0 Å². The van der Waals surface area contributed by atoms with E-state index in [0.717, 1.165) is 64.7 Å². The normalized spacial score (nSPS) is 15.0. The molecule has 0 saturated carbocycles. The van der Waals surface area contributed by atoms with Crippen molar-refractivity contribution in [3.63, 3.8) is 0 Å². The second kappa shape index (κ2) is 15.6. The van der Waals surface area contributed by atoms with Gasteiger partial charge in [0, 0.05) is 12.1 Å². The molecule has 1 aliphatic heterocycles. The Morgan fingerprint density at radius 3 is 2.54 bits per heavy atom. The third kappa shape index (κ3) is 8.12. The lowest BCUT2D eigenvalue weighted by Crippen LogP contribution is -2.36. The van der Waals surface area contributed by atoms with E-state index in [1.807, 2.05) is 87.5 Å². The Balaban J connectivity index is 1.02. The summed E-state index contributed by atoms with van der Waals surface area (Å²) in [5.41, 5.74) is 6.08. The number of nitrogens with zero attached hydrogens (tertiary/aromatic N) is 3. The number of imidazole rings is 2. The first-order valence-electron chi connectivity index (χ1n) is 19.6. The molecule has 12 nitrogen and oxygen atoms in total. The average molecular weight is 767 g/mol. The molecule has 2 amide bonds. The van der Waals surface area contributed by atoms with Gasteiger partial charge in [-0.15, -0.1) is 0 Å². The highest BCUT2D eigenvalue weighted by molar-refractivity contribution is 5.94. The van der Waals surface area contributed by atoms with Crippen molar-refractivity contribution in [2.45, 2.75) is 84.1 Å². The number of fused-ring (bicyclic) bond motifs is 3. The molecule has 3 N–H and O–H groups in total. The predicted molar refractivity (Wildman–Crippen MR) is 220 cm³/mol. The van der Waals surface area contributed by atoms with Crippen molar-refractivity contribution in [2.75, 3.05) is 6.54 Å². The molecule has 57 heavy (non-hydrogen) atoms. The number of hydrogen-bond donors (Lipinski definition) is 3. The number of nitrogens with one attached hydrogen (secondary N) is 3. The van der Waals surface area contributed by atoms with Gasteiger partial charge in [0.2, 0.25) is 5.43 Å². The van der Waals surface area contributed by atoms with Crippen molar-refractivity contribution in [2.24, 2.45) is 0 Å². The zero-order valence-electron chi connectivity index (χ0n) is 32.6. The summed E-state index contributed by atoms with van der Waals surface area (Å²) in [6.07, 6.45) is 5.18. The molecular weight excluding hydrogens is 721 g/mol. The van der Waals surface area contributed by atoms with Gasteiger partial charge in [0.05, 0.1) is 45.8 Å². The van der Waals surface area contributed by atoms with Crippen LogP contribution in [0.5, 0.6) is 0 Å². The van der Waals surface area contributed by atoms with Gasteiger partial charge in [0.15, 0.2) is 0 Å². The summed E-state index contributed by atoms with van der Waals surface area (Å²) in [4.78, 5) is 57.6. The van der Waals surface area contributed by atoms with E-state index in [1.165, 1.54) is 0 Å². The first kappa shape index (κ1) is 37.5. The molecule has 2 atom stereocenters. The molecule has 0 radical (unpaired) electrons. The Hall–Kier alpha value is -6.43. The number of aromatic nitrogens is 4. The van der Waals surface area contributed by atoms with E-state index in [2.05, 4.69) is 27.2 Å². The number of ether oxygens (including phenoxy) is 2. The molecule has 0 bridgehead atoms. The van der Waals surface area contributed by atoms with Crippen LogP contribution in [-0.2, 0) is 16.1 Å². The number of likely N-dealkylation sites (tertiary alicyclic amines) is 1. The van der Waals surface area contributed by atoms with E-state index in [1.54, 1.807) is 29.3 Å². The van der Waals surface area contributed by atoms with E-state index in [0.29, 0.717) is 46.6 Å². The number of carbonyl (C=O) groups is 2. The van der Waals surface area contributed by atoms with E-state index in [-0.39, 0.29) is 30.2 Å². The Labute approximate surface area is 329 Å². The number of carbonyl (C=O) groups excluding carboxylic acids is 2. The Morgan fingerprint density at radius 1 is 0.947 bits per heavy atom. The van der Waals surface area contributed by atoms with E-state index < -0.39 is 11.7 Å². The Morgan fingerprint density at radius 2 is 1.74 bits per heavy atom. The van der Waals surface area contributed by atoms with Gasteiger partial charge in [0.1, 0.15) is 35.0 Å². The summed E-state index contributed by atoms with van der Waals surface area (Å²) < 4.78 is 17.5. The second-order valence-electron chi connectivity index (χ2n) is 15.6. The zero-order valence-corrected chi connectivity index (χ0v) is 32.6. The molecule has 292 valence electrons. The monoisotopic (exact) mass is 766 g/mol. The van der Waals surface area contributed by atoms with Crippen LogP contribution in [0.2, 0.25) is 0 Å². The third-order valence-corrected chi connectivity index (χ3v) is 10.3. The fourth-order valence-electron chi connectivity index (χ4n) is 7.43. The van der Waals surface area contributed by atoms with Crippen LogP contribution in [0.25, 0.3) is 55.5 Å². The number of hydrogen-bond acceptors (Lipinski definition) is 8. The number of amides is 2. The minimum absolute atomic E-state index is 0.139. The maximum Gasteiger partial charge on any atom is 0.410 e. The molecule has 0 aliphatic carbocycles. The molecule has 8 rings (SSSR count). The van der Waals surface area contributed by atoms with Crippen molar-refractivity contribution < 1.29 is 23.5 Å². The quantitative estimate of drug-likeness (QED) is 0.116. The second-order valence-corrected chi connectivity index (χ2v) is 15.6. The maximum absolute atomic E-state index is 13.9. The summed E-state index contributed by atoms with van der Waals surface area (Å²) in [6.45, 7) is 8.49. The molecule has 1 saturated heterocycles. The molecule has 1 fully saturated rings. The van der Waals surface area contributed by atoms with Gasteiger partial charge in [0.25, 0.3) is 0 Å². The summed E-state index contributed by atoms with van der Waals surface area (Å²) in [7, 11) is 0. The molecule has 0 spiro atoms. The summed E-state index contributed by atoms with van der Waals surface area (Å²) in [5.74, 6) is 1.26. The maximum atomic E-state index is 13.9. The van der Waals surface area contributed by atoms with Gasteiger partial charge < -0.3 is 29.2 Å². The van der Waals surface area contributed by atoms with Crippen LogP contribution in [0.4, 0.5) is 9.59 Å². The highest BCUT2D eigenvalue weighted by atomic mass is 16.6. The van der Waals surface area contributed by atoms with Gasteiger partial charge in [-0.25, -0.2) is 19.6 Å². The number of benzene rings is 4. The van der Waals surface area contributed by atoms with Gasteiger partial charge in [-0.1, -0.05) is 62.2 Å². The summed E-state index contributed by atoms with van der Waals surface area (Å²) in [6, 6.07) is 26.1. The highest BCUT2D eigenvalue weighted by Gasteiger charge is 2.34. The van der Waals surface area contributed by atoms with Crippen molar-refractivity contribution in [1.29, 1.82) is 0 Å². The minimum Gasteiger partial charge on any atom is -0.456 e. The number of H-pyrrole nitrogens is 2. The van der Waals surface area contributed by atoms with Crippen molar-refractivity contribution >= 4 is 45.2 Å². The lowest BCUT2D eigenvalue weighted by atomic mass is 10.0. The lowest BCUT2D eigenvalue weighted by Gasteiger charge is -2.28. The first-order valence-corrected chi connectivity index (χ1v) is 19.6. The smallest absolute Gasteiger partial charge is 0.410 e. The van der Waals surface area contributed by atoms with Crippen LogP contribution < -0.4 is 10.7 Å². The lowest BCUT2D eigenvalue weighted by molar-refractivity contribution is 0.0221. The molecule has 4 heterocycles. The molecule has 1 aliphatic rings. The van der Waals surface area contributed by atoms with Crippen LogP contribution in [-0.4, -0.2) is 49.2 Å². The molecule has 3 aromatic heterocycles. The molecular formula is C45H46N6O6. The van der Waals surface area contributed by atoms with E-state index in [4.69, 9.17) is 18.9 Å². The predicted octanol–water partition coefficient (Wildman–Crippen LogP) is 10.1. The van der Waals surface area contributed by atoms with Crippen LogP contribution in [0.1, 0.15) is 89.0 Å². The standard InChI is InChI=1S/C45H46N6O6/c1-5-6-13-34(50-43(53)55-26-27-11-8-7-9-12-27)42-47-33-19-16-28(23-35(33)48-42)29-15-18-31-39(24-29)56-38-20-17-30(22-32(38)40(31)52)41-46-25-36(49-41)37-14-10-21-51(37)44(54)57-45(2,3)4/h7-9,11-12,15-20,22-25,34,37H,5-6,10,13-14,21,26H2,1-4H3,(H,46,49)(H,47,48)(H,50,53)/t34-,37-/m0/s1. The van der Waals surface area contributed by atoms with Crippen LogP contribution in [0.15, 0.2) is 100 Å². The van der Waals surface area contributed by atoms with Crippen LogP contribution in [0, 0.1) is 0 Å². The minimum atomic E-state index is -0.583. The zero-order chi connectivity index (χ0) is 39.7. The third-order valence-electron chi connectivity index (χ3n) is 10.3. The highest BCUT2D eigenvalue weighted by Crippen LogP contribution is 2.34. The number of rotatable bonds is 10. The van der Waals surface area contributed by atoms with Gasteiger partial charge in [-0.3, -0.25) is 9.69 Å². The number of aromatic amines is 2. The van der Waals surface area contributed by atoms with Crippen LogP contribution >= 0.6 is 0 Å². The summed E-state index contributed by atoms with van der Waals surface area (Å²) in [5, 5.41) is 3.92. The van der Waals surface area contributed by atoms with Gasteiger partial charge in [-0.2, -0.15) is 0 Å². The van der Waals surface area contributed by atoms with E-state index in [9.17, 15) is 14.4 Å². The topological polar surface area (TPSA) is 155 Å². The first-order chi connectivity index (χ1) is 27.5. The largest absolute Gasteiger partial charge is 0.456 e. The fourth-order valence-corrected chi connectivity index (χ4v) is 7.43. The fraction of sp³-hybridized carbons (Fsp3) is 0.311. The van der Waals surface area contributed by atoms with E-state index >= 15 is 0 Å². The van der Waals surface area contributed by atoms with Gasteiger partial charge in [-0.05, 0) is 99.2 Å². The number of alkyl carbamates (subject to hydrolysis) is 1. The summed E-state index contributed by atoms with van der Waals surface area (Å²) >= 11 is 0. The van der Waals surface area contributed by atoms with Crippen molar-refractivity contribution in [3.8, 4) is 22.5 Å². The molecule has 7 aromatic rings. The number of unbranched alkanes of at least 4 members (excludes halogenated alkanes) is 1.